The molecule has 8 heteroatoms. The lowest BCUT2D eigenvalue weighted by Gasteiger charge is -2.19. The fraction of sp³-hybridized carbons (Fsp3) is 0.429. The van der Waals surface area contributed by atoms with Crippen LogP contribution in [0.2, 0.25) is 0 Å². The third kappa shape index (κ3) is 6.55. The predicted octanol–water partition coefficient (Wildman–Crippen LogP) is 3.49. The van der Waals surface area contributed by atoms with E-state index in [0.717, 1.165) is 16.4 Å². The van der Waals surface area contributed by atoms with E-state index in [9.17, 15) is 8.42 Å². The van der Waals surface area contributed by atoms with Crippen LogP contribution in [-0.2, 0) is 10.1 Å². The van der Waals surface area contributed by atoms with Gasteiger partial charge in [-0.05, 0) is 61.3 Å². The van der Waals surface area contributed by atoms with Gasteiger partial charge in [0.15, 0.2) is 0 Å². The van der Waals surface area contributed by atoms with E-state index in [1.807, 2.05) is 19.1 Å². The van der Waals surface area contributed by atoms with Crippen molar-refractivity contribution in [2.75, 3.05) is 31.8 Å². The van der Waals surface area contributed by atoms with Crippen LogP contribution in [0.3, 0.4) is 0 Å². The molecule has 1 aliphatic rings. The van der Waals surface area contributed by atoms with Crippen LogP contribution < -0.4 is 19.0 Å². The summed E-state index contributed by atoms with van der Waals surface area (Å²) in [4.78, 5) is 1.15. The van der Waals surface area contributed by atoms with E-state index >= 15 is 0 Å². The van der Waals surface area contributed by atoms with Gasteiger partial charge in [-0.2, -0.15) is 8.42 Å². The molecule has 2 aromatic rings. The largest absolute Gasteiger partial charge is 0.497 e. The van der Waals surface area contributed by atoms with E-state index in [1.165, 1.54) is 5.56 Å². The summed E-state index contributed by atoms with van der Waals surface area (Å²) in [5.74, 6) is 2.55. The number of hydrogen-bond acceptors (Lipinski definition) is 7. The van der Waals surface area contributed by atoms with Gasteiger partial charge in [0, 0.05) is 10.6 Å². The lowest BCUT2D eigenvalue weighted by molar-refractivity contribution is 0.270. The molecule has 0 unspecified atom stereocenters. The maximum atomic E-state index is 12.3. The van der Waals surface area contributed by atoms with Crippen LogP contribution >= 0.6 is 11.8 Å². The molecule has 0 saturated heterocycles. The monoisotopic (exact) mass is 437 g/mol. The van der Waals surface area contributed by atoms with Crippen molar-refractivity contribution in [2.45, 2.75) is 24.8 Å². The zero-order valence-corrected chi connectivity index (χ0v) is 18.5. The summed E-state index contributed by atoms with van der Waals surface area (Å²) in [7, 11) is -2.12. The summed E-state index contributed by atoms with van der Waals surface area (Å²) in [6, 6.07) is 12.8. The molecule has 29 heavy (non-hydrogen) atoms. The third-order valence-corrected chi connectivity index (χ3v) is 7.13. The topological polar surface area (TPSA) is 73.9 Å². The van der Waals surface area contributed by atoms with Crippen molar-refractivity contribution in [1.29, 1.82) is 0 Å². The molecule has 1 N–H and O–H groups in total. The van der Waals surface area contributed by atoms with Crippen molar-refractivity contribution in [3.05, 3.63) is 48.0 Å². The molecule has 0 radical (unpaired) electrons. The highest BCUT2D eigenvalue weighted by molar-refractivity contribution is 7.99. The van der Waals surface area contributed by atoms with E-state index < -0.39 is 10.1 Å². The van der Waals surface area contributed by atoms with Crippen LogP contribution in [0.1, 0.15) is 12.5 Å². The molecule has 0 amide bonds. The van der Waals surface area contributed by atoms with E-state index in [1.54, 1.807) is 43.1 Å². The molecule has 0 aliphatic carbocycles. The highest BCUT2D eigenvalue weighted by atomic mass is 32.2. The molecule has 2 aromatic carbocycles. The first-order valence-corrected chi connectivity index (χ1v) is 12.1. The molecule has 0 bridgehead atoms. The highest BCUT2D eigenvalue weighted by Crippen LogP contribution is 2.33. The average molecular weight is 438 g/mol. The van der Waals surface area contributed by atoms with Crippen LogP contribution in [0, 0.1) is 12.8 Å². The molecule has 2 atom stereocenters. The fourth-order valence-electron chi connectivity index (χ4n) is 2.98. The molecular formula is C21H27NO5S2. The SMILES string of the molecule is COc1ccc(OS(=O)(=O)C[C@@H](C)CN[C@@H]2COc3ccc(C)cc3SC2)cc1. The third-order valence-electron chi connectivity index (χ3n) is 4.51. The van der Waals surface area contributed by atoms with Gasteiger partial charge in [-0.25, -0.2) is 0 Å². The predicted molar refractivity (Wildman–Crippen MR) is 116 cm³/mol. The second kappa shape index (κ2) is 9.73. The number of hydrogen-bond donors (Lipinski definition) is 1. The number of nitrogens with one attached hydrogen (secondary N) is 1. The molecule has 1 heterocycles. The van der Waals surface area contributed by atoms with Gasteiger partial charge in [-0.1, -0.05) is 13.0 Å². The second-order valence-corrected chi connectivity index (χ2v) is 9.94. The van der Waals surface area contributed by atoms with Gasteiger partial charge < -0.3 is 19.0 Å². The van der Waals surface area contributed by atoms with Crippen molar-refractivity contribution in [3.8, 4) is 17.2 Å². The Morgan fingerprint density at radius 2 is 1.93 bits per heavy atom. The van der Waals surface area contributed by atoms with Crippen LogP contribution in [0.4, 0.5) is 0 Å². The standard InChI is InChI=1S/C21H27NO5S2/c1-15-4-9-20-21(10-15)28-13-17(12-26-20)22-11-16(2)14-29(23,24)27-19-7-5-18(25-3)6-8-19/h4-10,16-17,22H,11-14H2,1-3H3/t16-,17+/m0/s1. The summed E-state index contributed by atoms with van der Waals surface area (Å²) in [6.07, 6.45) is 0. The number of benzene rings is 2. The van der Waals surface area contributed by atoms with E-state index in [2.05, 4.69) is 18.3 Å². The molecule has 3 rings (SSSR count). The zero-order chi connectivity index (χ0) is 20.9. The number of fused-ring (bicyclic) bond motifs is 1. The summed E-state index contributed by atoms with van der Waals surface area (Å²) >= 11 is 1.76. The molecule has 0 fully saturated rings. The maximum absolute atomic E-state index is 12.3. The molecule has 6 nitrogen and oxygen atoms in total. The van der Waals surface area contributed by atoms with Gasteiger partial charge in [0.25, 0.3) is 0 Å². The minimum atomic E-state index is -3.68. The number of methoxy groups -OCH3 is 1. The van der Waals surface area contributed by atoms with Gasteiger partial charge in [0.05, 0.1) is 18.9 Å². The first kappa shape index (κ1) is 21.8. The lowest BCUT2D eigenvalue weighted by Crippen LogP contribution is -2.40. The van der Waals surface area contributed by atoms with E-state index in [4.69, 9.17) is 13.7 Å². The Balaban J connectivity index is 1.47. The average Bonchev–Trinajstić information content (AvgIpc) is 2.88. The number of rotatable bonds is 8. The first-order valence-electron chi connectivity index (χ1n) is 9.50. The van der Waals surface area contributed by atoms with Crippen molar-refractivity contribution in [1.82, 2.24) is 5.32 Å². The lowest BCUT2D eigenvalue weighted by atomic mass is 10.2. The summed E-state index contributed by atoms with van der Waals surface area (Å²) in [5.41, 5.74) is 1.21. The van der Waals surface area contributed by atoms with Gasteiger partial charge in [-0.3, -0.25) is 0 Å². The van der Waals surface area contributed by atoms with Gasteiger partial charge in [0.2, 0.25) is 0 Å². The van der Waals surface area contributed by atoms with Crippen molar-refractivity contribution in [3.63, 3.8) is 0 Å². The van der Waals surface area contributed by atoms with Gasteiger partial charge in [0.1, 0.15) is 23.9 Å². The van der Waals surface area contributed by atoms with Crippen LogP contribution in [0.5, 0.6) is 17.2 Å². The Labute approximate surface area is 177 Å². The van der Waals surface area contributed by atoms with Crippen molar-refractivity contribution in [2.24, 2.45) is 5.92 Å². The summed E-state index contributed by atoms with van der Waals surface area (Å²) < 4.78 is 40.9. The molecular weight excluding hydrogens is 410 g/mol. The maximum Gasteiger partial charge on any atom is 0.309 e. The van der Waals surface area contributed by atoms with Crippen LogP contribution in [-0.4, -0.2) is 46.2 Å². The van der Waals surface area contributed by atoms with Crippen LogP contribution in [0.15, 0.2) is 47.4 Å². The zero-order valence-electron chi connectivity index (χ0n) is 16.9. The highest BCUT2D eigenvalue weighted by Gasteiger charge is 2.21. The number of ether oxygens (including phenoxy) is 2. The fourth-order valence-corrected chi connectivity index (χ4v) is 5.40. The van der Waals surface area contributed by atoms with Gasteiger partial charge >= 0.3 is 10.1 Å². The summed E-state index contributed by atoms with van der Waals surface area (Å²) in [6.45, 7) is 5.09. The Kier molecular flexibility index (Phi) is 7.32. The number of aryl methyl sites for hydroxylation is 1. The molecule has 0 saturated carbocycles. The van der Waals surface area contributed by atoms with E-state index in [-0.39, 0.29) is 23.5 Å². The molecule has 1 aliphatic heterocycles. The Hall–Kier alpha value is -1.90. The Bertz CT molecular complexity index is 915. The minimum absolute atomic E-state index is 0.0633. The first-order chi connectivity index (χ1) is 13.8. The smallest absolute Gasteiger partial charge is 0.309 e. The quantitative estimate of drug-likeness (QED) is 0.634. The Morgan fingerprint density at radius 1 is 1.21 bits per heavy atom. The summed E-state index contributed by atoms with van der Waals surface area (Å²) in [5, 5.41) is 3.43. The molecule has 158 valence electrons. The molecule has 0 aromatic heterocycles. The number of thioether (sulfide) groups is 1. The van der Waals surface area contributed by atoms with Crippen LogP contribution in [0.25, 0.3) is 0 Å². The second-order valence-electron chi connectivity index (χ2n) is 7.27. The van der Waals surface area contributed by atoms with Gasteiger partial charge in [-0.15, -0.1) is 11.8 Å². The van der Waals surface area contributed by atoms with Crippen molar-refractivity contribution < 1.29 is 22.1 Å². The molecule has 0 spiro atoms. The van der Waals surface area contributed by atoms with E-state index in [0.29, 0.717) is 18.9 Å². The Morgan fingerprint density at radius 3 is 2.66 bits per heavy atom. The van der Waals surface area contributed by atoms with Crippen molar-refractivity contribution >= 4 is 21.9 Å². The normalized spacial score (nSPS) is 17.6. The minimum Gasteiger partial charge on any atom is -0.497 e.